The number of hydrogen-bond acceptors (Lipinski definition) is 4. The Balaban J connectivity index is 1.70. The quantitative estimate of drug-likeness (QED) is 0.627. The van der Waals surface area contributed by atoms with E-state index in [0.717, 1.165) is 12.8 Å². The minimum Gasteiger partial charge on any atom is -0.466 e. The molecule has 3 aliphatic rings. The standard InChI is InChI=1S/C19H26F2O4S/c1-2-25-19(22)16(9-12-10-17(20)18(21)11-12)13-3-5-14(6-4-13)26(23,24)15-7-8-15/h3-5,12,14-18H,2,6-11H2,1H3/t12-,14?,16?,17+,18-. The van der Waals surface area contributed by atoms with Crippen molar-refractivity contribution < 1.29 is 26.7 Å². The molecule has 0 amide bonds. The van der Waals surface area contributed by atoms with Crippen LogP contribution in [0.3, 0.4) is 0 Å². The molecule has 0 saturated heterocycles. The molecule has 0 aliphatic heterocycles. The van der Waals surface area contributed by atoms with Crippen LogP contribution in [-0.4, -0.2) is 43.8 Å². The first-order valence-corrected chi connectivity index (χ1v) is 11.0. The summed E-state index contributed by atoms with van der Waals surface area (Å²) in [5, 5.41) is -0.770. The molecule has 0 aromatic rings. The predicted molar refractivity (Wildman–Crippen MR) is 94.8 cm³/mol. The predicted octanol–water partition coefficient (Wildman–Crippen LogP) is 3.47. The molecule has 5 atom stereocenters. The Morgan fingerprint density at radius 1 is 1.27 bits per heavy atom. The Labute approximate surface area is 153 Å². The maximum absolute atomic E-state index is 13.5. The molecule has 0 N–H and O–H groups in total. The van der Waals surface area contributed by atoms with Crippen molar-refractivity contribution in [3.8, 4) is 0 Å². The van der Waals surface area contributed by atoms with Crippen molar-refractivity contribution in [2.45, 2.75) is 68.3 Å². The van der Waals surface area contributed by atoms with Gasteiger partial charge in [-0.05, 0) is 56.9 Å². The Morgan fingerprint density at radius 2 is 1.92 bits per heavy atom. The lowest BCUT2D eigenvalue weighted by atomic mass is 9.85. The van der Waals surface area contributed by atoms with Crippen molar-refractivity contribution >= 4 is 15.8 Å². The third-order valence-corrected chi connectivity index (χ3v) is 8.15. The fraction of sp³-hybridized carbons (Fsp3) is 0.737. The van der Waals surface area contributed by atoms with Crippen molar-refractivity contribution in [3.63, 3.8) is 0 Å². The second kappa shape index (κ2) is 7.79. The monoisotopic (exact) mass is 388 g/mol. The van der Waals surface area contributed by atoms with Gasteiger partial charge in [-0.25, -0.2) is 17.2 Å². The van der Waals surface area contributed by atoms with E-state index in [0.29, 0.717) is 18.4 Å². The number of ether oxygens (including phenoxy) is 1. The molecule has 0 spiro atoms. The zero-order chi connectivity index (χ0) is 18.9. The summed E-state index contributed by atoms with van der Waals surface area (Å²) >= 11 is 0. The molecule has 3 rings (SSSR count). The number of sulfone groups is 1. The van der Waals surface area contributed by atoms with Crippen LogP contribution in [-0.2, 0) is 19.4 Å². The first-order chi connectivity index (χ1) is 12.3. The summed E-state index contributed by atoms with van der Waals surface area (Å²) in [4.78, 5) is 12.4. The van der Waals surface area contributed by atoms with Gasteiger partial charge in [0, 0.05) is 0 Å². The fourth-order valence-corrected chi connectivity index (χ4v) is 5.88. The second-order valence-electron chi connectivity index (χ2n) is 7.54. The normalized spacial score (nSPS) is 33.0. The summed E-state index contributed by atoms with van der Waals surface area (Å²) in [5.74, 6) is -1.22. The minimum atomic E-state index is -3.15. The number of carbonyl (C=O) groups excluding carboxylic acids is 1. The highest BCUT2D eigenvalue weighted by Crippen LogP contribution is 2.39. The molecular weight excluding hydrogens is 362 g/mol. The van der Waals surface area contributed by atoms with E-state index < -0.39 is 39.3 Å². The van der Waals surface area contributed by atoms with Crippen LogP contribution < -0.4 is 0 Å². The van der Waals surface area contributed by atoms with E-state index in [-0.39, 0.29) is 30.6 Å². The minimum absolute atomic E-state index is 0.118. The Hall–Kier alpha value is -1.24. The highest BCUT2D eigenvalue weighted by molar-refractivity contribution is 7.93. The molecule has 146 valence electrons. The van der Waals surface area contributed by atoms with Crippen LogP contribution in [0.5, 0.6) is 0 Å². The van der Waals surface area contributed by atoms with E-state index in [1.54, 1.807) is 25.2 Å². The lowest BCUT2D eigenvalue weighted by molar-refractivity contribution is -0.147. The van der Waals surface area contributed by atoms with Crippen LogP contribution in [0.2, 0.25) is 0 Å². The zero-order valence-corrected chi connectivity index (χ0v) is 15.8. The summed E-state index contributed by atoms with van der Waals surface area (Å²) in [6.45, 7) is 1.94. The molecule has 0 bridgehead atoms. The van der Waals surface area contributed by atoms with E-state index in [2.05, 4.69) is 0 Å². The highest BCUT2D eigenvalue weighted by atomic mass is 32.2. The van der Waals surface area contributed by atoms with Crippen molar-refractivity contribution in [2.75, 3.05) is 6.61 Å². The molecule has 7 heteroatoms. The highest BCUT2D eigenvalue weighted by Gasteiger charge is 2.41. The van der Waals surface area contributed by atoms with Gasteiger partial charge in [0.2, 0.25) is 0 Å². The number of allylic oxidation sites excluding steroid dienone is 2. The molecule has 0 radical (unpaired) electrons. The number of hydrogen-bond donors (Lipinski definition) is 0. The van der Waals surface area contributed by atoms with E-state index >= 15 is 0 Å². The molecule has 0 aromatic heterocycles. The number of rotatable bonds is 7. The number of carbonyl (C=O) groups is 1. The summed E-state index contributed by atoms with van der Waals surface area (Å²) < 4.78 is 56.8. The lowest BCUT2D eigenvalue weighted by Gasteiger charge is -2.24. The average molecular weight is 388 g/mol. The van der Waals surface area contributed by atoms with Gasteiger partial charge in [0.05, 0.1) is 23.0 Å². The Morgan fingerprint density at radius 3 is 2.42 bits per heavy atom. The fourth-order valence-electron chi connectivity index (χ4n) is 3.93. The number of halogens is 2. The maximum atomic E-state index is 13.5. The molecule has 2 unspecified atom stereocenters. The third-order valence-electron chi connectivity index (χ3n) is 5.55. The van der Waals surface area contributed by atoms with Crippen LogP contribution in [0.4, 0.5) is 8.78 Å². The van der Waals surface area contributed by atoms with Crippen LogP contribution >= 0.6 is 0 Å². The average Bonchev–Trinajstić information content (AvgIpc) is 3.41. The third kappa shape index (κ3) is 4.18. The lowest BCUT2D eigenvalue weighted by Crippen LogP contribution is -2.27. The number of esters is 1. The van der Waals surface area contributed by atoms with Crippen molar-refractivity contribution in [3.05, 3.63) is 23.8 Å². The van der Waals surface area contributed by atoms with Gasteiger partial charge in [0.1, 0.15) is 12.3 Å². The summed E-state index contributed by atoms with van der Waals surface area (Å²) in [6, 6.07) is 0. The van der Waals surface area contributed by atoms with Crippen LogP contribution in [0, 0.1) is 11.8 Å². The molecule has 0 aromatic carbocycles. The summed E-state index contributed by atoms with van der Waals surface area (Å²) in [6.07, 6.45) is 4.54. The van der Waals surface area contributed by atoms with Gasteiger partial charge in [-0.15, -0.1) is 0 Å². The topological polar surface area (TPSA) is 60.4 Å². The molecule has 26 heavy (non-hydrogen) atoms. The smallest absolute Gasteiger partial charge is 0.313 e. The number of alkyl halides is 2. The van der Waals surface area contributed by atoms with Gasteiger partial charge in [0.15, 0.2) is 9.84 Å². The van der Waals surface area contributed by atoms with Crippen molar-refractivity contribution in [2.24, 2.45) is 11.8 Å². The van der Waals surface area contributed by atoms with Gasteiger partial charge in [-0.1, -0.05) is 18.2 Å². The SMILES string of the molecule is CCOC(=O)C(C[C@H]1C[C@@H](F)[C@@H](F)C1)C1=CCC(S(=O)(=O)C2CC2)C=C1. The molecule has 0 heterocycles. The van der Waals surface area contributed by atoms with Gasteiger partial charge in [0.25, 0.3) is 0 Å². The maximum Gasteiger partial charge on any atom is 0.313 e. The Kier molecular flexibility index (Phi) is 5.85. The van der Waals surface area contributed by atoms with E-state index in [1.807, 2.05) is 0 Å². The van der Waals surface area contributed by atoms with Crippen LogP contribution in [0.25, 0.3) is 0 Å². The summed E-state index contributed by atoms with van der Waals surface area (Å²) in [5.41, 5.74) is 0.698. The molecular formula is C19H26F2O4S. The van der Waals surface area contributed by atoms with E-state index in [1.165, 1.54) is 0 Å². The van der Waals surface area contributed by atoms with Crippen LogP contribution in [0.1, 0.15) is 45.4 Å². The first-order valence-electron chi connectivity index (χ1n) is 9.38. The van der Waals surface area contributed by atoms with Gasteiger partial charge < -0.3 is 4.74 Å². The second-order valence-corrected chi connectivity index (χ2v) is 9.99. The first kappa shape index (κ1) is 19.5. The molecule has 4 nitrogen and oxygen atoms in total. The van der Waals surface area contributed by atoms with Crippen molar-refractivity contribution in [1.29, 1.82) is 0 Å². The Bertz CT molecular complexity index is 686. The molecule has 2 saturated carbocycles. The van der Waals surface area contributed by atoms with Gasteiger partial charge in [-0.2, -0.15) is 0 Å². The largest absolute Gasteiger partial charge is 0.466 e. The molecule has 3 aliphatic carbocycles. The van der Waals surface area contributed by atoms with E-state index in [4.69, 9.17) is 4.74 Å². The van der Waals surface area contributed by atoms with Crippen molar-refractivity contribution in [1.82, 2.24) is 0 Å². The van der Waals surface area contributed by atoms with Gasteiger partial charge in [-0.3, -0.25) is 4.79 Å². The summed E-state index contributed by atoms with van der Waals surface area (Å²) in [7, 11) is -3.15. The van der Waals surface area contributed by atoms with Crippen LogP contribution in [0.15, 0.2) is 23.8 Å². The zero-order valence-electron chi connectivity index (χ0n) is 14.9. The van der Waals surface area contributed by atoms with Gasteiger partial charge >= 0.3 is 5.97 Å². The van der Waals surface area contributed by atoms with E-state index in [9.17, 15) is 22.0 Å². The molecule has 2 fully saturated rings.